The molecule has 0 aromatic heterocycles. The third kappa shape index (κ3) is 1.81. The first-order valence-corrected chi connectivity index (χ1v) is 3.84. The van der Waals surface area contributed by atoms with E-state index >= 15 is 0 Å². The summed E-state index contributed by atoms with van der Waals surface area (Å²) in [6.45, 7) is 0. The van der Waals surface area contributed by atoms with Crippen molar-refractivity contribution in [3.63, 3.8) is 0 Å². The topological polar surface area (TPSA) is 21.6 Å². The number of rotatable bonds is 1. The zero-order valence-corrected chi connectivity index (χ0v) is 6.76. The Bertz CT molecular complexity index is 121. The van der Waals surface area contributed by atoms with Gasteiger partial charge >= 0.3 is 0 Å². The number of methoxy groups -OCH3 is 1. The van der Waals surface area contributed by atoms with Gasteiger partial charge in [0, 0.05) is 19.9 Å². The first-order chi connectivity index (χ1) is 4.86. The molecule has 2 nitrogen and oxygen atoms in total. The molecule has 0 spiro atoms. The quantitative estimate of drug-likeness (QED) is 0.544. The predicted molar refractivity (Wildman–Crippen MR) is 42.6 cm³/mol. The predicted octanol–water partition coefficient (Wildman–Crippen LogP) is 1.65. The molecule has 0 atom stereocenters. The first kappa shape index (κ1) is 7.73. The van der Waals surface area contributed by atoms with Gasteiger partial charge in [0.1, 0.15) is 0 Å². The van der Waals surface area contributed by atoms with Crippen LogP contribution in [0.5, 0.6) is 0 Å². The fourth-order valence-electron chi connectivity index (χ4n) is 1.38. The van der Waals surface area contributed by atoms with Gasteiger partial charge in [0.25, 0.3) is 0 Å². The van der Waals surface area contributed by atoms with Gasteiger partial charge in [-0.15, -0.1) is 0 Å². The van der Waals surface area contributed by atoms with Crippen LogP contribution in [-0.2, 0) is 4.74 Å². The number of nitrogens with zero attached hydrogens (tertiary/aromatic N) is 1. The Morgan fingerprint density at radius 3 is 2.40 bits per heavy atom. The summed E-state index contributed by atoms with van der Waals surface area (Å²) >= 11 is 0. The van der Waals surface area contributed by atoms with E-state index in [9.17, 15) is 0 Å². The van der Waals surface area contributed by atoms with Gasteiger partial charge in [-0.05, 0) is 25.7 Å². The minimum atomic E-state index is 0.491. The summed E-state index contributed by atoms with van der Waals surface area (Å²) in [5.41, 5.74) is 1.35. The highest BCUT2D eigenvalue weighted by Crippen LogP contribution is 2.17. The van der Waals surface area contributed by atoms with E-state index in [4.69, 9.17) is 4.74 Å². The molecule has 0 heterocycles. The summed E-state index contributed by atoms with van der Waals surface area (Å²) in [5, 5.41) is 0. The van der Waals surface area contributed by atoms with Crippen molar-refractivity contribution >= 4 is 5.71 Å². The number of hydrogen-bond acceptors (Lipinski definition) is 2. The average Bonchev–Trinajstić information content (AvgIpc) is 2.05. The van der Waals surface area contributed by atoms with Crippen LogP contribution in [0.4, 0.5) is 0 Å². The Morgan fingerprint density at radius 1 is 1.40 bits per heavy atom. The Kier molecular flexibility index (Phi) is 2.87. The van der Waals surface area contributed by atoms with Crippen LogP contribution in [0.1, 0.15) is 25.7 Å². The highest BCUT2D eigenvalue weighted by Gasteiger charge is 2.15. The summed E-state index contributed by atoms with van der Waals surface area (Å²) in [5.74, 6) is 0. The SMILES string of the molecule is CN=C1CCC(OC)CC1. The van der Waals surface area contributed by atoms with E-state index in [-0.39, 0.29) is 0 Å². The molecule has 0 radical (unpaired) electrons. The van der Waals surface area contributed by atoms with E-state index in [1.165, 1.54) is 5.71 Å². The van der Waals surface area contributed by atoms with Gasteiger partial charge in [-0.3, -0.25) is 4.99 Å². The molecule has 0 saturated heterocycles. The molecular weight excluding hydrogens is 126 g/mol. The van der Waals surface area contributed by atoms with Crippen molar-refractivity contribution in [2.45, 2.75) is 31.8 Å². The van der Waals surface area contributed by atoms with Crippen LogP contribution in [0, 0.1) is 0 Å². The van der Waals surface area contributed by atoms with Crippen molar-refractivity contribution < 1.29 is 4.74 Å². The van der Waals surface area contributed by atoms with Crippen LogP contribution in [0.25, 0.3) is 0 Å². The van der Waals surface area contributed by atoms with Crippen LogP contribution < -0.4 is 0 Å². The fraction of sp³-hybridized carbons (Fsp3) is 0.875. The van der Waals surface area contributed by atoms with Crippen molar-refractivity contribution in [1.29, 1.82) is 0 Å². The summed E-state index contributed by atoms with van der Waals surface area (Å²) in [7, 11) is 3.67. The monoisotopic (exact) mass is 141 g/mol. The lowest BCUT2D eigenvalue weighted by atomic mass is 9.96. The molecule has 0 unspecified atom stereocenters. The standard InChI is InChI=1S/C8H15NO/c1-9-7-3-5-8(10-2)6-4-7/h8H,3-6H2,1-2H3. The third-order valence-electron chi connectivity index (χ3n) is 2.16. The van der Waals surface area contributed by atoms with E-state index < -0.39 is 0 Å². The molecule has 1 aliphatic rings. The molecule has 0 N–H and O–H groups in total. The second-order valence-corrected chi connectivity index (χ2v) is 2.72. The van der Waals surface area contributed by atoms with Gasteiger partial charge in [-0.1, -0.05) is 0 Å². The smallest absolute Gasteiger partial charge is 0.0578 e. The normalized spacial score (nSPS) is 26.6. The van der Waals surface area contributed by atoms with Crippen LogP contribution in [0.15, 0.2) is 4.99 Å². The summed E-state index contributed by atoms with van der Waals surface area (Å²) in [6, 6.07) is 0. The lowest BCUT2D eigenvalue weighted by molar-refractivity contribution is 0.0863. The maximum Gasteiger partial charge on any atom is 0.0578 e. The molecule has 1 aliphatic carbocycles. The molecule has 0 aromatic carbocycles. The number of hydrogen-bond donors (Lipinski definition) is 0. The highest BCUT2D eigenvalue weighted by atomic mass is 16.5. The van der Waals surface area contributed by atoms with E-state index in [2.05, 4.69) is 4.99 Å². The molecule has 2 heteroatoms. The lowest BCUT2D eigenvalue weighted by Crippen LogP contribution is -2.19. The van der Waals surface area contributed by atoms with Gasteiger partial charge in [0.05, 0.1) is 6.10 Å². The van der Waals surface area contributed by atoms with Crippen LogP contribution >= 0.6 is 0 Å². The van der Waals surface area contributed by atoms with E-state index in [0.717, 1.165) is 25.7 Å². The van der Waals surface area contributed by atoms with Crippen molar-refractivity contribution in [2.24, 2.45) is 4.99 Å². The third-order valence-corrected chi connectivity index (χ3v) is 2.16. The largest absolute Gasteiger partial charge is 0.381 e. The maximum absolute atomic E-state index is 5.23. The average molecular weight is 141 g/mol. The van der Waals surface area contributed by atoms with Crippen molar-refractivity contribution in [3.05, 3.63) is 0 Å². The Labute approximate surface area is 62.3 Å². The van der Waals surface area contributed by atoms with Crippen molar-refractivity contribution in [3.8, 4) is 0 Å². The summed E-state index contributed by atoms with van der Waals surface area (Å²) in [6.07, 6.45) is 5.07. The Hall–Kier alpha value is -0.370. The molecule has 0 aromatic rings. The first-order valence-electron chi connectivity index (χ1n) is 3.84. The van der Waals surface area contributed by atoms with Gasteiger partial charge < -0.3 is 4.74 Å². The Balaban J connectivity index is 2.31. The molecule has 10 heavy (non-hydrogen) atoms. The molecule has 1 rings (SSSR count). The molecule has 1 fully saturated rings. The Morgan fingerprint density at radius 2 is 2.00 bits per heavy atom. The van der Waals surface area contributed by atoms with Crippen LogP contribution in [0.2, 0.25) is 0 Å². The zero-order valence-electron chi connectivity index (χ0n) is 6.76. The molecular formula is C8H15NO. The fourth-order valence-corrected chi connectivity index (χ4v) is 1.38. The van der Waals surface area contributed by atoms with E-state index in [0.29, 0.717) is 6.10 Å². The number of ether oxygens (including phenoxy) is 1. The molecule has 0 amide bonds. The molecule has 0 bridgehead atoms. The second kappa shape index (κ2) is 3.71. The van der Waals surface area contributed by atoms with Crippen molar-refractivity contribution in [2.75, 3.05) is 14.2 Å². The van der Waals surface area contributed by atoms with Gasteiger partial charge in [0.2, 0.25) is 0 Å². The van der Waals surface area contributed by atoms with Crippen molar-refractivity contribution in [1.82, 2.24) is 0 Å². The van der Waals surface area contributed by atoms with Gasteiger partial charge in [-0.25, -0.2) is 0 Å². The second-order valence-electron chi connectivity index (χ2n) is 2.72. The molecule has 0 aliphatic heterocycles. The lowest BCUT2D eigenvalue weighted by Gasteiger charge is -2.21. The summed E-state index contributed by atoms with van der Waals surface area (Å²) < 4.78 is 5.23. The van der Waals surface area contributed by atoms with E-state index in [1.54, 1.807) is 7.11 Å². The molecule has 58 valence electrons. The van der Waals surface area contributed by atoms with Crippen LogP contribution in [-0.4, -0.2) is 26.0 Å². The van der Waals surface area contributed by atoms with Gasteiger partial charge in [-0.2, -0.15) is 0 Å². The maximum atomic E-state index is 5.23. The van der Waals surface area contributed by atoms with Gasteiger partial charge in [0.15, 0.2) is 0 Å². The summed E-state index contributed by atoms with van der Waals surface area (Å²) in [4.78, 5) is 4.18. The van der Waals surface area contributed by atoms with Crippen LogP contribution in [0.3, 0.4) is 0 Å². The molecule has 1 saturated carbocycles. The van der Waals surface area contributed by atoms with E-state index in [1.807, 2.05) is 7.05 Å². The minimum Gasteiger partial charge on any atom is -0.381 e. The number of aliphatic imine (C=N–C) groups is 1. The zero-order chi connectivity index (χ0) is 7.40. The highest BCUT2D eigenvalue weighted by molar-refractivity contribution is 5.85. The minimum absolute atomic E-state index is 0.491.